The van der Waals surface area contributed by atoms with E-state index in [2.05, 4.69) is 18.1 Å². The van der Waals surface area contributed by atoms with E-state index in [1.54, 1.807) is 0 Å². The molecule has 1 heteroatoms. The van der Waals surface area contributed by atoms with Gasteiger partial charge in [0.25, 0.3) is 0 Å². The Hall–Kier alpha value is -0.560. The topological polar surface area (TPSA) is 3.24 Å². The Labute approximate surface area is 88.5 Å². The average Bonchev–Trinajstić information content (AvgIpc) is 2.61. The van der Waals surface area contributed by atoms with Crippen molar-refractivity contribution in [3.05, 3.63) is 25.3 Å². The predicted octanol–water partition coefficient (Wildman–Crippen LogP) is 3.38. The van der Waals surface area contributed by atoms with Gasteiger partial charge in [0.05, 0.1) is 0 Å². The molecule has 0 amide bonds. The molecule has 0 unspecified atom stereocenters. The van der Waals surface area contributed by atoms with Crippen LogP contribution in [0.25, 0.3) is 0 Å². The highest BCUT2D eigenvalue weighted by Gasteiger charge is 2.22. The zero-order chi connectivity index (χ0) is 10.2. The number of allylic oxidation sites excluding steroid dienone is 1. The van der Waals surface area contributed by atoms with Gasteiger partial charge in [-0.05, 0) is 38.6 Å². The molecular formula is C13H23N. The van der Waals surface area contributed by atoms with Gasteiger partial charge in [-0.1, -0.05) is 18.6 Å². The smallest absolute Gasteiger partial charge is 0.0163 e. The van der Waals surface area contributed by atoms with E-state index >= 15 is 0 Å². The van der Waals surface area contributed by atoms with Crippen molar-refractivity contribution < 1.29 is 0 Å². The Morgan fingerprint density at radius 3 is 2.79 bits per heavy atom. The minimum absolute atomic E-state index is 0.831. The molecule has 0 aromatic rings. The fraction of sp³-hybridized carbons (Fsp3) is 0.692. The van der Waals surface area contributed by atoms with E-state index in [4.69, 9.17) is 0 Å². The van der Waals surface area contributed by atoms with E-state index in [-0.39, 0.29) is 0 Å². The van der Waals surface area contributed by atoms with Crippen molar-refractivity contribution in [2.24, 2.45) is 0 Å². The third kappa shape index (κ3) is 3.67. The highest BCUT2D eigenvalue weighted by molar-refractivity contribution is 4.84. The number of unbranched alkanes of at least 4 members (excludes halogenated alkanes) is 2. The summed E-state index contributed by atoms with van der Waals surface area (Å²) in [7, 11) is 0. The van der Waals surface area contributed by atoms with Crippen LogP contribution < -0.4 is 0 Å². The van der Waals surface area contributed by atoms with Crippen LogP contribution in [0.5, 0.6) is 0 Å². The van der Waals surface area contributed by atoms with Crippen LogP contribution in [0.3, 0.4) is 0 Å². The van der Waals surface area contributed by atoms with Gasteiger partial charge in [0.15, 0.2) is 0 Å². The quantitative estimate of drug-likeness (QED) is 0.442. The van der Waals surface area contributed by atoms with Crippen molar-refractivity contribution in [3.8, 4) is 0 Å². The van der Waals surface area contributed by atoms with E-state index < -0.39 is 0 Å². The summed E-state index contributed by atoms with van der Waals surface area (Å²) >= 11 is 0. The lowest BCUT2D eigenvalue weighted by Crippen LogP contribution is -2.29. The Kier molecular flexibility index (Phi) is 5.62. The molecule has 1 fully saturated rings. The molecule has 1 rings (SSSR count). The standard InChI is InChI=1S/C13H23N/c1-3-5-6-7-9-13-10-8-12-14(13)11-4-2/h3-4,13H,1-2,5-12H2/t13-/m0/s1. The van der Waals surface area contributed by atoms with Crippen LogP contribution in [-0.2, 0) is 0 Å². The Morgan fingerprint density at radius 1 is 1.21 bits per heavy atom. The summed E-state index contributed by atoms with van der Waals surface area (Å²) in [6, 6.07) is 0.831. The molecule has 1 aliphatic heterocycles. The molecule has 14 heavy (non-hydrogen) atoms. The Balaban J connectivity index is 2.15. The van der Waals surface area contributed by atoms with Gasteiger partial charge in [-0.2, -0.15) is 0 Å². The van der Waals surface area contributed by atoms with E-state index in [0.717, 1.165) is 12.6 Å². The van der Waals surface area contributed by atoms with Gasteiger partial charge in [0.2, 0.25) is 0 Å². The summed E-state index contributed by atoms with van der Waals surface area (Å²) in [5, 5.41) is 0. The number of hydrogen-bond acceptors (Lipinski definition) is 1. The van der Waals surface area contributed by atoms with Crippen LogP contribution in [0.4, 0.5) is 0 Å². The van der Waals surface area contributed by atoms with Crippen LogP contribution >= 0.6 is 0 Å². The van der Waals surface area contributed by atoms with Crippen molar-refractivity contribution in [3.63, 3.8) is 0 Å². The minimum Gasteiger partial charge on any atom is -0.297 e. The van der Waals surface area contributed by atoms with E-state index in [1.807, 2.05) is 12.2 Å². The van der Waals surface area contributed by atoms with Crippen molar-refractivity contribution in [1.82, 2.24) is 4.90 Å². The summed E-state index contributed by atoms with van der Waals surface area (Å²) in [6.45, 7) is 9.92. The van der Waals surface area contributed by atoms with E-state index in [0.29, 0.717) is 0 Å². The fourth-order valence-electron chi connectivity index (χ4n) is 2.30. The van der Waals surface area contributed by atoms with Crippen LogP contribution in [-0.4, -0.2) is 24.0 Å². The van der Waals surface area contributed by atoms with Gasteiger partial charge in [0.1, 0.15) is 0 Å². The third-order valence-electron chi connectivity index (χ3n) is 3.06. The summed E-state index contributed by atoms with van der Waals surface area (Å²) in [6.07, 6.45) is 12.0. The normalized spacial score (nSPS) is 22.4. The lowest BCUT2D eigenvalue weighted by molar-refractivity contribution is 0.263. The Morgan fingerprint density at radius 2 is 2.07 bits per heavy atom. The largest absolute Gasteiger partial charge is 0.297 e. The first kappa shape index (κ1) is 11.5. The molecule has 0 N–H and O–H groups in total. The molecule has 1 saturated heterocycles. The second-order valence-electron chi connectivity index (χ2n) is 4.15. The molecule has 0 radical (unpaired) electrons. The zero-order valence-corrected chi connectivity index (χ0v) is 9.25. The summed E-state index contributed by atoms with van der Waals surface area (Å²) in [5.41, 5.74) is 0. The average molecular weight is 193 g/mol. The molecule has 80 valence electrons. The van der Waals surface area contributed by atoms with E-state index in [9.17, 15) is 0 Å². The minimum atomic E-state index is 0.831. The van der Waals surface area contributed by atoms with Gasteiger partial charge in [-0.15, -0.1) is 13.2 Å². The van der Waals surface area contributed by atoms with Gasteiger partial charge >= 0.3 is 0 Å². The molecule has 1 aliphatic rings. The first-order valence-corrected chi connectivity index (χ1v) is 5.84. The maximum atomic E-state index is 3.81. The predicted molar refractivity (Wildman–Crippen MR) is 63.5 cm³/mol. The molecule has 0 aromatic carbocycles. The summed E-state index contributed by atoms with van der Waals surface area (Å²) < 4.78 is 0. The second-order valence-corrected chi connectivity index (χ2v) is 4.15. The molecule has 1 heterocycles. The number of likely N-dealkylation sites (tertiary alicyclic amines) is 1. The first-order chi connectivity index (χ1) is 6.88. The SMILES string of the molecule is C=CCCCC[C@H]1CCCN1CC=C. The van der Waals surface area contributed by atoms with Crippen molar-refractivity contribution >= 4 is 0 Å². The molecule has 0 saturated carbocycles. The number of hydrogen-bond donors (Lipinski definition) is 0. The van der Waals surface area contributed by atoms with Crippen molar-refractivity contribution in [1.29, 1.82) is 0 Å². The lowest BCUT2D eigenvalue weighted by Gasteiger charge is -2.22. The highest BCUT2D eigenvalue weighted by atomic mass is 15.2. The summed E-state index contributed by atoms with van der Waals surface area (Å²) in [4.78, 5) is 2.57. The second kappa shape index (κ2) is 6.83. The van der Waals surface area contributed by atoms with Crippen molar-refractivity contribution in [2.75, 3.05) is 13.1 Å². The van der Waals surface area contributed by atoms with Gasteiger partial charge in [-0.25, -0.2) is 0 Å². The maximum Gasteiger partial charge on any atom is 0.0163 e. The molecule has 0 bridgehead atoms. The van der Waals surface area contributed by atoms with Crippen molar-refractivity contribution in [2.45, 2.75) is 44.6 Å². The van der Waals surface area contributed by atoms with Gasteiger partial charge < -0.3 is 0 Å². The first-order valence-electron chi connectivity index (χ1n) is 5.84. The molecule has 0 aromatic heterocycles. The van der Waals surface area contributed by atoms with Gasteiger partial charge in [0, 0.05) is 12.6 Å². The molecule has 0 aliphatic carbocycles. The molecular weight excluding hydrogens is 170 g/mol. The maximum absolute atomic E-state index is 3.81. The molecule has 1 atom stereocenters. The molecule has 1 nitrogen and oxygen atoms in total. The van der Waals surface area contributed by atoms with Crippen LogP contribution in [0.1, 0.15) is 38.5 Å². The zero-order valence-electron chi connectivity index (χ0n) is 9.25. The summed E-state index contributed by atoms with van der Waals surface area (Å²) in [5.74, 6) is 0. The number of rotatable bonds is 7. The van der Waals surface area contributed by atoms with Crippen LogP contribution in [0.15, 0.2) is 25.3 Å². The molecule has 0 spiro atoms. The monoisotopic (exact) mass is 193 g/mol. The lowest BCUT2D eigenvalue weighted by atomic mass is 10.1. The number of nitrogens with zero attached hydrogens (tertiary/aromatic N) is 1. The van der Waals surface area contributed by atoms with Crippen LogP contribution in [0, 0.1) is 0 Å². The Bertz CT molecular complexity index is 174. The van der Waals surface area contributed by atoms with Crippen LogP contribution in [0.2, 0.25) is 0 Å². The van der Waals surface area contributed by atoms with Gasteiger partial charge in [-0.3, -0.25) is 4.90 Å². The highest BCUT2D eigenvalue weighted by Crippen LogP contribution is 2.21. The fourth-order valence-corrected chi connectivity index (χ4v) is 2.30. The third-order valence-corrected chi connectivity index (χ3v) is 3.06. The van der Waals surface area contributed by atoms with E-state index in [1.165, 1.54) is 45.1 Å².